The van der Waals surface area contributed by atoms with Gasteiger partial charge in [0, 0.05) is 61.4 Å². The highest BCUT2D eigenvalue weighted by Crippen LogP contribution is 2.48. The van der Waals surface area contributed by atoms with Crippen LogP contribution < -0.4 is 4.74 Å². The zero-order valence-electron chi connectivity index (χ0n) is 18.5. The van der Waals surface area contributed by atoms with Crippen LogP contribution in [0.4, 0.5) is 0 Å². The lowest BCUT2D eigenvalue weighted by molar-refractivity contribution is -0.143. The summed E-state index contributed by atoms with van der Waals surface area (Å²) in [6.45, 7) is 3.01. The number of aromatic nitrogens is 1. The molecule has 32 heavy (non-hydrogen) atoms. The van der Waals surface area contributed by atoms with Gasteiger partial charge in [0.15, 0.2) is 0 Å². The summed E-state index contributed by atoms with van der Waals surface area (Å²) < 4.78 is 10.6. The molecule has 3 heterocycles. The fourth-order valence-corrected chi connectivity index (χ4v) is 5.50. The van der Waals surface area contributed by atoms with Gasteiger partial charge in [0.25, 0.3) is 0 Å². The smallest absolute Gasteiger partial charge is 0.249 e. The van der Waals surface area contributed by atoms with Gasteiger partial charge in [-0.3, -0.25) is 9.69 Å². The van der Waals surface area contributed by atoms with Crippen molar-refractivity contribution < 1.29 is 19.4 Å². The fraction of sp³-hybridized carbons (Fsp3) is 0.400. The molecule has 2 aliphatic heterocycles. The van der Waals surface area contributed by atoms with Crippen molar-refractivity contribution in [1.82, 2.24) is 14.8 Å². The lowest BCUT2D eigenvalue weighted by Crippen LogP contribution is -2.66. The molecule has 0 bridgehead atoms. The average Bonchev–Trinajstić information content (AvgIpc) is 3.17. The van der Waals surface area contributed by atoms with Gasteiger partial charge in [0.2, 0.25) is 5.91 Å². The zero-order chi connectivity index (χ0) is 22.3. The first kappa shape index (κ1) is 21.0. The molecule has 2 aliphatic rings. The Morgan fingerprint density at radius 3 is 2.62 bits per heavy atom. The highest BCUT2D eigenvalue weighted by atomic mass is 16.5. The van der Waals surface area contributed by atoms with Gasteiger partial charge in [0.1, 0.15) is 12.4 Å². The normalized spacial score (nSPS) is 19.7. The number of methoxy groups -OCH3 is 2. The van der Waals surface area contributed by atoms with Crippen molar-refractivity contribution >= 4 is 16.8 Å². The third-order valence-corrected chi connectivity index (χ3v) is 6.81. The predicted molar refractivity (Wildman–Crippen MR) is 122 cm³/mol. The van der Waals surface area contributed by atoms with E-state index in [2.05, 4.69) is 40.2 Å². The molecular formula is C25H29N3O4. The molecular weight excluding hydrogens is 406 g/mol. The maximum absolute atomic E-state index is 12.9. The molecule has 2 N–H and O–H groups in total. The number of aliphatic hydroxyl groups is 1. The van der Waals surface area contributed by atoms with E-state index in [1.807, 2.05) is 18.2 Å². The lowest BCUT2D eigenvalue weighted by Gasteiger charge is -2.56. The molecule has 7 heteroatoms. The number of rotatable bonds is 6. The number of amides is 1. The minimum absolute atomic E-state index is 0.00366. The van der Waals surface area contributed by atoms with Crippen molar-refractivity contribution in [3.8, 4) is 5.75 Å². The van der Waals surface area contributed by atoms with Crippen LogP contribution >= 0.6 is 0 Å². The second kappa shape index (κ2) is 8.24. The van der Waals surface area contributed by atoms with E-state index >= 15 is 0 Å². The van der Waals surface area contributed by atoms with E-state index in [1.54, 1.807) is 12.0 Å². The molecule has 1 spiro atoms. The number of aliphatic hydroxyl groups excluding tert-OH is 1. The molecule has 1 fully saturated rings. The molecule has 168 valence electrons. The van der Waals surface area contributed by atoms with Crippen LogP contribution in [0.15, 0.2) is 48.5 Å². The van der Waals surface area contributed by atoms with Gasteiger partial charge in [-0.1, -0.05) is 30.3 Å². The van der Waals surface area contributed by atoms with E-state index in [4.69, 9.17) is 9.47 Å². The number of ether oxygens (including phenoxy) is 2. The Hall–Kier alpha value is -2.87. The number of carbonyl (C=O) groups excluding carboxylic acids is 1. The SMILES string of the molecule is COCC(=O)N1CC2(CN(Cc3ccccc3)C2)c2c([nH]c3cc(OC)ccc23)[C@@H]1CO. The highest BCUT2D eigenvalue weighted by Gasteiger charge is 2.53. The maximum Gasteiger partial charge on any atom is 0.249 e. The first-order valence-electron chi connectivity index (χ1n) is 10.9. The minimum Gasteiger partial charge on any atom is -0.497 e. The summed E-state index contributed by atoms with van der Waals surface area (Å²) in [5, 5.41) is 11.4. The Morgan fingerprint density at radius 1 is 1.16 bits per heavy atom. The van der Waals surface area contributed by atoms with Crippen molar-refractivity contribution in [1.29, 1.82) is 0 Å². The molecule has 0 radical (unpaired) electrons. The zero-order valence-corrected chi connectivity index (χ0v) is 18.5. The van der Waals surface area contributed by atoms with Gasteiger partial charge in [-0.05, 0) is 23.3 Å². The molecule has 0 unspecified atom stereocenters. The van der Waals surface area contributed by atoms with Crippen LogP contribution in [0.1, 0.15) is 22.9 Å². The minimum atomic E-state index is -0.417. The Kier molecular flexibility index (Phi) is 5.41. The van der Waals surface area contributed by atoms with Crippen LogP contribution in [0.3, 0.4) is 0 Å². The summed E-state index contributed by atoms with van der Waals surface area (Å²) >= 11 is 0. The third kappa shape index (κ3) is 3.37. The Balaban J connectivity index is 1.55. The van der Waals surface area contributed by atoms with Gasteiger partial charge in [-0.25, -0.2) is 0 Å². The first-order valence-corrected chi connectivity index (χ1v) is 10.9. The first-order chi connectivity index (χ1) is 15.6. The monoisotopic (exact) mass is 435 g/mol. The number of nitrogens with zero attached hydrogens (tertiary/aromatic N) is 2. The van der Waals surface area contributed by atoms with Crippen molar-refractivity contribution in [2.24, 2.45) is 0 Å². The molecule has 5 rings (SSSR count). The predicted octanol–water partition coefficient (Wildman–Crippen LogP) is 2.45. The van der Waals surface area contributed by atoms with E-state index in [0.29, 0.717) is 6.54 Å². The van der Waals surface area contributed by atoms with Gasteiger partial charge < -0.3 is 24.5 Å². The van der Waals surface area contributed by atoms with Crippen LogP contribution in [0, 0.1) is 0 Å². The van der Waals surface area contributed by atoms with E-state index in [9.17, 15) is 9.90 Å². The number of likely N-dealkylation sites (tertiary alicyclic amines) is 1. The van der Waals surface area contributed by atoms with Gasteiger partial charge in [-0.2, -0.15) is 0 Å². The summed E-state index contributed by atoms with van der Waals surface area (Å²) in [5.41, 5.74) is 4.20. The quantitative estimate of drug-likeness (QED) is 0.622. The Labute approximate surface area is 187 Å². The largest absolute Gasteiger partial charge is 0.497 e. The summed E-state index contributed by atoms with van der Waals surface area (Å²) in [6, 6.07) is 16.1. The summed E-state index contributed by atoms with van der Waals surface area (Å²) in [5.74, 6) is 0.673. The lowest BCUT2D eigenvalue weighted by atomic mass is 9.68. The molecule has 3 aromatic rings. The van der Waals surface area contributed by atoms with Gasteiger partial charge >= 0.3 is 0 Å². The summed E-state index contributed by atoms with van der Waals surface area (Å²) in [7, 11) is 3.18. The third-order valence-electron chi connectivity index (χ3n) is 6.81. The molecule has 1 amide bonds. The molecule has 1 saturated heterocycles. The second-order valence-electron chi connectivity index (χ2n) is 8.89. The van der Waals surface area contributed by atoms with Crippen LogP contribution in [0.5, 0.6) is 5.75 Å². The van der Waals surface area contributed by atoms with E-state index in [1.165, 1.54) is 18.2 Å². The number of fused-ring (bicyclic) bond motifs is 4. The summed E-state index contributed by atoms with van der Waals surface area (Å²) in [4.78, 5) is 20.7. The van der Waals surface area contributed by atoms with Crippen LogP contribution in [-0.4, -0.2) is 72.9 Å². The number of carbonyl (C=O) groups is 1. The molecule has 7 nitrogen and oxygen atoms in total. The molecule has 2 aromatic carbocycles. The van der Waals surface area contributed by atoms with Crippen molar-refractivity contribution in [2.75, 3.05) is 47.1 Å². The van der Waals surface area contributed by atoms with Crippen molar-refractivity contribution in [3.63, 3.8) is 0 Å². The van der Waals surface area contributed by atoms with Gasteiger partial charge in [-0.15, -0.1) is 0 Å². The van der Waals surface area contributed by atoms with Gasteiger partial charge in [0.05, 0.1) is 19.8 Å². The maximum atomic E-state index is 12.9. The van der Waals surface area contributed by atoms with Crippen molar-refractivity contribution in [2.45, 2.75) is 18.0 Å². The highest BCUT2D eigenvalue weighted by molar-refractivity contribution is 5.89. The number of hydrogen-bond acceptors (Lipinski definition) is 5. The van der Waals surface area contributed by atoms with Crippen molar-refractivity contribution in [3.05, 3.63) is 65.4 Å². The van der Waals surface area contributed by atoms with E-state index < -0.39 is 6.04 Å². The molecule has 0 aliphatic carbocycles. The second-order valence-corrected chi connectivity index (χ2v) is 8.89. The molecule has 0 saturated carbocycles. The number of benzene rings is 2. The van der Waals surface area contributed by atoms with Crippen LogP contribution in [-0.2, 0) is 21.5 Å². The Morgan fingerprint density at radius 2 is 1.94 bits per heavy atom. The standard InChI is InChI=1S/C25H29N3O4/c1-31-13-22(30)28-16-25(14-27(15-25)11-17-6-4-3-5-7-17)23-19-9-8-18(32-2)10-20(19)26-24(23)21(28)12-29/h3-10,21,26,29H,11-16H2,1-2H3/t21-/m0/s1. The van der Waals surface area contributed by atoms with E-state index in [0.717, 1.165) is 42.0 Å². The fourth-order valence-electron chi connectivity index (χ4n) is 5.50. The molecule has 1 atom stereocenters. The number of hydrogen-bond donors (Lipinski definition) is 2. The average molecular weight is 436 g/mol. The van der Waals surface area contributed by atoms with E-state index in [-0.39, 0.29) is 24.5 Å². The summed E-state index contributed by atoms with van der Waals surface area (Å²) in [6.07, 6.45) is 0. The van der Waals surface area contributed by atoms with Crippen LogP contribution in [0.2, 0.25) is 0 Å². The van der Waals surface area contributed by atoms with Crippen LogP contribution in [0.25, 0.3) is 10.9 Å². The number of aromatic amines is 1. The molecule has 1 aromatic heterocycles. The Bertz CT molecular complexity index is 1120. The topological polar surface area (TPSA) is 78.0 Å². The number of H-pyrrole nitrogens is 1. The number of nitrogens with one attached hydrogen (secondary N) is 1.